The van der Waals surface area contributed by atoms with Crippen LogP contribution in [0.25, 0.3) is 11.4 Å². The van der Waals surface area contributed by atoms with Gasteiger partial charge in [0.2, 0.25) is 17.6 Å². The number of nitrogens with zero attached hydrogens (tertiary/aromatic N) is 3. The predicted molar refractivity (Wildman–Crippen MR) is 105 cm³/mol. The highest BCUT2D eigenvalue weighted by Crippen LogP contribution is 2.37. The first kappa shape index (κ1) is 19.8. The number of amides is 1. The topological polar surface area (TPSA) is 85.3 Å². The molecule has 1 aliphatic heterocycles. The van der Waals surface area contributed by atoms with Crippen molar-refractivity contribution < 1.29 is 9.32 Å². The van der Waals surface area contributed by atoms with Gasteiger partial charge in [0.05, 0.1) is 0 Å². The average molecular weight is 391 g/mol. The Kier molecular flexibility index (Phi) is 6.50. The molecule has 1 saturated carbocycles. The van der Waals surface area contributed by atoms with Gasteiger partial charge in [-0.3, -0.25) is 4.79 Å². The molecular formula is C20H27ClN4O2. The Morgan fingerprint density at radius 1 is 1.15 bits per heavy atom. The first-order valence-corrected chi connectivity index (χ1v) is 9.67. The second-order valence-electron chi connectivity index (χ2n) is 7.40. The molecule has 1 saturated heterocycles. The van der Waals surface area contributed by atoms with Crippen molar-refractivity contribution in [2.75, 3.05) is 13.1 Å². The summed E-state index contributed by atoms with van der Waals surface area (Å²) in [6, 6.07) is 9.68. The van der Waals surface area contributed by atoms with Crippen molar-refractivity contribution in [2.45, 2.75) is 44.6 Å². The molecule has 1 aromatic carbocycles. The fourth-order valence-electron chi connectivity index (χ4n) is 4.38. The molecular weight excluding hydrogens is 364 g/mol. The van der Waals surface area contributed by atoms with Gasteiger partial charge in [-0.2, -0.15) is 4.98 Å². The molecule has 3 atom stereocenters. The highest BCUT2D eigenvalue weighted by Gasteiger charge is 2.39. The molecule has 0 bridgehead atoms. The zero-order chi connectivity index (χ0) is 17.9. The van der Waals surface area contributed by atoms with Gasteiger partial charge in [-0.15, -0.1) is 12.4 Å². The molecule has 2 heterocycles. The maximum atomic E-state index is 13.2. The lowest BCUT2D eigenvalue weighted by atomic mass is 9.92. The number of hydrogen-bond donors (Lipinski definition) is 1. The Morgan fingerprint density at radius 2 is 1.96 bits per heavy atom. The molecule has 2 aliphatic rings. The lowest BCUT2D eigenvalue weighted by molar-refractivity contribution is -0.141. The van der Waals surface area contributed by atoms with Gasteiger partial charge in [0.1, 0.15) is 6.04 Å². The molecule has 1 amide bonds. The smallest absolute Gasteiger partial charge is 0.249 e. The molecule has 1 aromatic heterocycles. The number of piperidine rings is 1. The summed E-state index contributed by atoms with van der Waals surface area (Å²) in [7, 11) is 0. The van der Waals surface area contributed by atoms with Gasteiger partial charge in [-0.1, -0.05) is 41.9 Å². The van der Waals surface area contributed by atoms with E-state index >= 15 is 0 Å². The molecule has 6 nitrogen and oxygen atoms in total. The normalized spacial score (nSPS) is 25.2. The number of benzene rings is 1. The van der Waals surface area contributed by atoms with Gasteiger partial charge in [-0.25, -0.2) is 0 Å². The zero-order valence-corrected chi connectivity index (χ0v) is 16.2. The van der Waals surface area contributed by atoms with E-state index in [1.165, 1.54) is 0 Å². The molecule has 2 N–H and O–H groups in total. The number of carbonyl (C=O) groups is 1. The van der Waals surface area contributed by atoms with E-state index in [0.29, 0.717) is 24.2 Å². The fourth-order valence-corrected chi connectivity index (χ4v) is 4.38. The third-order valence-electron chi connectivity index (χ3n) is 5.82. The molecule has 2 fully saturated rings. The standard InChI is InChI=1S/C20H26N4O2.ClH/c21-13-15-9-6-10-16(15)20(25)24-12-5-4-11-17(24)19-22-18(23-26-19)14-7-2-1-3-8-14;/h1-3,7-8,15-17H,4-6,9-13,21H2;1H/t15-,16-,17?;/m1./s1. The van der Waals surface area contributed by atoms with E-state index in [9.17, 15) is 4.79 Å². The highest BCUT2D eigenvalue weighted by molar-refractivity contribution is 5.85. The number of aromatic nitrogens is 2. The van der Waals surface area contributed by atoms with E-state index in [1.807, 2.05) is 35.2 Å². The molecule has 1 unspecified atom stereocenters. The van der Waals surface area contributed by atoms with Crippen molar-refractivity contribution in [2.24, 2.45) is 17.6 Å². The van der Waals surface area contributed by atoms with Gasteiger partial charge in [0.15, 0.2) is 0 Å². The minimum absolute atomic E-state index is 0. The fraction of sp³-hybridized carbons (Fsp3) is 0.550. The van der Waals surface area contributed by atoms with Crippen LogP contribution in [0.3, 0.4) is 0 Å². The van der Waals surface area contributed by atoms with Crippen LogP contribution in [-0.4, -0.2) is 34.0 Å². The SMILES string of the molecule is Cl.NC[C@H]1CCC[C@H]1C(=O)N1CCCCC1c1nc(-c2ccccc2)no1. The number of hydrogen-bond acceptors (Lipinski definition) is 5. The summed E-state index contributed by atoms with van der Waals surface area (Å²) in [5.74, 6) is 1.73. The average Bonchev–Trinajstić information content (AvgIpc) is 3.37. The van der Waals surface area contributed by atoms with Crippen LogP contribution in [0.2, 0.25) is 0 Å². The molecule has 2 aromatic rings. The van der Waals surface area contributed by atoms with Gasteiger partial charge < -0.3 is 15.2 Å². The Bertz CT molecular complexity index is 751. The number of carbonyl (C=O) groups excluding carboxylic acids is 1. The lowest BCUT2D eigenvalue weighted by Crippen LogP contribution is -2.43. The van der Waals surface area contributed by atoms with Crippen LogP contribution >= 0.6 is 12.4 Å². The second-order valence-corrected chi connectivity index (χ2v) is 7.40. The van der Waals surface area contributed by atoms with E-state index in [1.54, 1.807) is 0 Å². The van der Waals surface area contributed by atoms with E-state index in [2.05, 4.69) is 10.1 Å². The van der Waals surface area contributed by atoms with Crippen LogP contribution in [0.4, 0.5) is 0 Å². The largest absolute Gasteiger partial charge is 0.337 e. The van der Waals surface area contributed by atoms with Crippen molar-refractivity contribution >= 4 is 18.3 Å². The summed E-state index contributed by atoms with van der Waals surface area (Å²) in [6.07, 6.45) is 6.08. The van der Waals surface area contributed by atoms with Crippen LogP contribution in [0, 0.1) is 11.8 Å². The van der Waals surface area contributed by atoms with Gasteiger partial charge >= 0.3 is 0 Å². The monoisotopic (exact) mass is 390 g/mol. The number of likely N-dealkylation sites (tertiary alicyclic amines) is 1. The summed E-state index contributed by atoms with van der Waals surface area (Å²) in [5, 5.41) is 4.14. The van der Waals surface area contributed by atoms with E-state index in [-0.39, 0.29) is 30.3 Å². The Balaban J connectivity index is 0.00000210. The number of nitrogens with two attached hydrogens (primary N) is 1. The highest BCUT2D eigenvalue weighted by atomic mass is 35.5. The van der Waals surface area contributed by atoms with Gasteiger partial charge in [-0.05, 0) is 44.6 Å². The Labute approximate surface area is 165 Å². The maximum Gasteiger partial charge on any atom is 0.249 e. The van der Waals surface area contributed by atoms with Crippen LogP contribution in [0.5, 0.6) is 0 Å². The quantitative estimate of drug-likeness (QED) is 0.862. The van der Waals surface area contributed by atoms with Crippen molar-refractivity contribution in [3.05, 3.63) is 36.2 Å². The molecule has 27 heavy (non-hydrogen) atoms. The summed E-state index contributed by atoms with van der Waals surface area (Å²) >= 11 is 0. The Hall–Kier alpha value is -1.92. The van der Waals surface area contributed by atoms with E-state index in [4.69, 9.17) is 10.3 Å². The van der Waals surface area contributed by atoms with Crippen molar-refractivity contribution in [3.63, 3.8) is 0 Å². The molecule has 146 valence electrons. The van der Waals surface area contributed by atoms with Crippen LogP contribution in [-0.2, 0) is 4.79 Å². The van der Waals surface area contributed by atoms with Crippen molar-refractivity contribution in [1.29, 1.82) is 0 Å². The lowest BCUT2D eigenvalue weighted by Gasteiger charge is -2.36. The zero-order valence-electron chi connectivity index (χ0n) is 15.4. The first-order chi connectivity index (χ1) is 12.8. The predicted octanol–water partition coefficient (Wildman–Crippen LogP) is 3.59. The first-order valence-electron chi connectivity index (χ1n) is 9.67. The van der Waals surface area contributed by atoms with E-state index in [0.717, 1.165) is 50.6 Å². The van der Waals surface area contributed by atoms with Crippen LogP contribution in [0.15, 0.2) is 34.9 Å². The third kappa shape index (κ3) is 4.01. The number of halogens is 1. The molecule has 0 radical (unpaired) electrons. The summed E-state index contributed by atoms with van der Waals surface area (Å²) in [5.41, 5.74) is 6.82. The van der Waals surface area contributed by atoms with Crippen molar-refractivity contribution in [1.82, 2.24) is 15.0 Å². The van der Waals surface area contributed by atoms with Gasteiger partial charge in [0, 0.05) is 18.0 Å². The summed E-state index contributed by atoms with van der Waals surface area (Å²) in [4.78, 5) is 19.8. The maximum absolute atomic E-state index is 13.2. The molecule has 0 spiro atoms. The third-order valence-corrected chi connectivity index (χ3v) is 5.82. The number of rotatable bonds is 4. The Morgan fingerprint density at radius 3 is 2.74 bits per heavy atom. The van der Waals surface area contributed by atoms with Gasteiger partial charge in [0.25, 0.3) is 0 Å². The molecule has 7 heteroatoms. The summed E-state index contributed by atoms with van der Waals surface area (Å²) in [6.45, 7) is 1.36. The minimum atomic E-state index is -0.111. The van der Waals surface area contributed by atoms with Crippen LogP contribution < -0.4 is 5.73 Å². The van der Waals surface area contributed by atoms with Crippen molar-refractivity contribution in [3.8, 4) is 11.4 Å². The molecule has 1 aliphatic carbocycles. The minimum Gasteiger partial charge on any atom is -0.337 e. The molecule has 4 rings (SSSR count). The second kappa shape index (κ2) is 8.85. The van der Waals surface area contributed by atoms with E-state index < -0.39 is 0 Å². The summed E-state index contributed by atoms with van der Waals surface area (Å²) < 4.78 is 5.58. The van der Waals surface area contributed by atoms with Crippen LogP contribution in [0.1, 0.15) is 50.5 Å².